The van der Waals surface area contributed by atoms with E-state index in [2.05, 4.69) is 13.2 Å². The van der Waals surface area contributed by atoms with Gasteiger partial charge in [0, 0.05) is 12.6 Å². The molecule has 6 atom stereocenters. The highest BCUT2D eigenvalue weighted by molar-refractivity contribution is 5.98. The number of fused-ring (bicyclic) bond motifs is 1. The maximum atomic E-state index is 14.1. The summed E-state index contributed by atoms with van der Waals surface area (Å²) in [5.74, 6) is -2.26. The highest BCUT2D eigenvalue weighted by atomic mass is 16.6. The van der Waals surface area contributed by atoms with Gasteiger partial charge in [0.15, 0.2) is 0 Å². The third-order valence-corrected chi connectivity index (χ3v) is 7.87. The minimum absolute atomic E-state index is 0.115. The van der Waals surface area contributed by atoms with Crippen molar-refractivity contribution in [2.24, 2.45) is 17.8 Å². The second kappa shape index (κ2) is 11.9. The number of amides is 2. The first-order valence-electron chi connectivity index (χ1n) is 13.4. The van der Waals surface area contributed by atoms with Gasteiger partial charge in [0.05, 0.1) is 37.2 Å². The molecular weight excluding hydrogens is 460 g/mol. The first kappa shape index (κ1) is 28.4. The van der Waals surface area contributed by atoms with E-state index in [0.29, 0.717) is 25.8 Å². The summed E-state index contributed by atoms with van der Waals surface area (Å²) >= 11 is 0. The zero-order chi connectivity index (χ0) is 26.6. The van der Waals surface area contributed by atoms with Crippen LogP contribution in [-0.2, 0) is 23.9 Å². The van der Waals surface area contributed by atoms with E-state index in [9.17, 15) is 19.5 Å². The SMILES string of the molecule is C=CCCCCOC(=O)[C@@H]1[C@@H]2CCC3(O2)C(C(=O)N(CC=C)C(C)C)N([C@@H](CO)CC(C)C)C(=O)[C@H]13. The molecule has 1 spiro atoms. The van der Waals surface area contributed by atoms with E-state index in [1.165, 1.54) is 0 Å². The number of unbranched alkanes of at least 4 members (excludes halogenated alkanes) is 2. The standard InChI is InChI=1S/C28H44N2O6/c1-7-9-10-11-15-35-27(34)22-21-12-13-28(36-21)23(22)25(32)30(20(17-31)16-18(3)4)24(28)26(33)29(14-8-2)19(5)6/h7-8,18-24,31H,1-2,9-17H2,3-6H3/t20-,21+,22-,23+,24?,28?/m1/s1. The minimum Gasteiger partial charge on any atom is -0.465 e. The van der Waals surface area contributed by atoms with Gasteiger partial charge in [-0.15, -0.1) is 13.2 Å². The van der Waals surface area contributed by atoms with Crippen LogP contribution in [0.4, 0.5) is 0 Å². The summed E-state index contributed by atoms with van der Waals surface area (Å²) < 4.78 is 12.1. The summed E-state index contributed by atoms with van der Waals surface area (Å²) in [6.45, 7) is 15.8. The normalized spacial score (nSPS) is 29.5. The Morgan fingerprint density at radius 3 is 2.56 bits per heavy atom. The largest absolute Gasteiger partial charge is 0.465 e. The van der Waals surface area contributed by atoms with Crippen molar-refractivity contribution in [3.05, 3.63) is 25.3 Å². The van der Waals surface area contributed by atoms with E-state index in [-0.39, 0.29) is 37.0 Å². The molecule has 1 N–H and O–H groups in total. The van der Waals surface area contributed by atoms with Crippen molar-refractivity contribution in [3.8, 4) is 0 Å². The fourth-order valence-corrected chi connectivity index (χ4v) is 6.36. The van der Waals surface area contributed by atoms with Crippen LogP contribution in [0, 0.1) is 17.8 Å². The lowest BCUT2D eigenvalue weighted by Crippen LogP contribution is -2.59. The highest BCUT2D eigenvalue weighted by Crippen LogP contribution is 2.59. The Balaban J connectivity index is 1.97. The maximum Gasteiger partial charge on any atom is 0.312 e. The van der Waals surface area contributed by atoms with E-state index >= 15 is 0 Å². The van der Waals surface area contributed by atoms with Crippen LogP contribution < -0.4 is 0 Å². The Labute approximate surface area is 215 Å². The summed E-state index contributed by atoms with van der Waals surface area (Å²) in [5, 5.41) is 10.3. The smallest absolute Gasteiger partial charge is 0.312 e. The summed E-state index contributed by atoms with van der Waals surface area (Å²) in [6, 6.07) is -1.55. The molecule has 2 amide bonds. The Bertz CT molecular complexity index is 842. The van der Waals surface area contributed by atoms with E-state index in [4.69, 9.17) is 9.47 Å². The van der Waals surface area contributed by atoms with Gasteiger partial charge in [-0.2, -0.15) is 0 Å². The summed E-state index contributed by atoms with van der Waals surface area (Å²) in [6.07, 6.45) is 7.16. The van der Waals surface area contributed by atoms with Crippen molar-refractivity contribution >= 4 is 17.8 Å². The second-order valence-electron chi connectivity index (χ2n) is 11.1. The third kappa shape index (κ3) is 5.12. The molecule has 3 heterocycles. The van der Waals surface area contributed by atoms with E-state index in [0.717, 1.165) is 19.3 Å². The van der Waals surface area contributed by atoms with Crippen molar-refractivity contribution in [3.63, 3.8) is 0 Å². The van der Waals surface area contributed by atoms with Crippen LogP contribution in [0.1, 0.15) is 66.2 Å². The number of rotatable bonds is 14. The molecule has 0 aromatic carbocycles. The van der Waals surface area contributed by atoms with Crippen LogP contribution in [0.2, 0.25) is 0 Å². The van der Waals surface area contributed by atoms with Crippen molar-refractivity contribution in [1.82, 2.24) is 9.80 Å². The second-order valence-corrected chi connectivity index (χ2v) is 11.1. The molecular formula is C28H44N2O6. The Morgan fingerprint density at radius 1 is 1.25 bits per heavy atom. The van der Waals surface area contributed by atoms with E-state index in [1.807, 2.05) is 33.8 Å². The van der Waals surface area contributed by atoms with Crippen LogP contribution in [-0.4, -0.2) is 82.3 Å². The lowest BCUT2D eigenvalue weighted by Gasteiger charge is -2.40. The van der Waals surface area contributed by atoms with Crippen LogP contribution in [0.15, 0.2) is 25.3 Å². The molecule has 0 saturated carbocycles. The molecule has 3 saturated heterocycles. The molecule has 202 valence electrons. The van der Waals surface area contributed by atoms with Crippen LogP contribution in [0.5, 0.6) is 0 Å². The Kier molecular flexibility index (Phi) is 9.39. The van der Waals surface area contributed by atoms with Crippen LogP contribution in [0.25, 0.3) is 0 Å². The molecule has 2 bridgehead atoms. The fourth-order valence-electron chi connectivity index (χ4n) is 6.36. The number of nitrogens with zero attached hydrogens (tertiary/aromatic N) is 2. The number of likely N-dealkylation sites (tertiary alicyclic amines) is 1. The number of carbonyl (C=O) groups excluding carboxylic acids is 3. The Morgan fingerprint density at radius 2 is 1.97 bits per heavy atom. The first-order valence-corrected chi connectivity index (χ1v) is 13.4. The molecule has 0 aromatic rings. The van der Waals surface area contributed by atoms with Crippen molar-refractivity contribution in [2.75, 3.05) is 19.8 Å². The molecule has 3 aliphatic rings. The topological polar surface area (TPSA) is 96.4 Å². The van der Waals surface area contributed by atoms with Gasteiger partial charge < -0.3 is 24.4 Å². The van der Waals surface area contributed by atoms with E-state index < -0.39 is 41.6 Å². The van der Waals surface area contributed by atoms with E-state index in [1.54, 1.807) is 15.9 Å². The van der Waals surface area contributed by atoms with Gasteiger partial charge in [-0.05, 0) is 58.3 Å². The van der Waals surface area contributed by atoms with Gasteiger partial charge in [0.2, 0.25) is 11.8 Å². The molecule has 0 radical (unpaired) electrons. The molecule has 0 aromatic heterocycles. The van der Waals surface area contributed by atoms with Crippen molar-refractivity contribution < 1.29 is 29.0 Å². The quantitative estimate of drug-likeness (QED) is 0.222. The third-order valence-electron chi connectivity index (χ3n) is 7.87. The number of allylic oxidation sites excluding steroid dienone is 1. The Hall–Kier alpha value is -2.19. The van der Waals surface area contributed by atoms with Gasteiger partial charge >= 0.3 is 5.97 Å². The van der Waals surface area contributed by atoms with Crippen molar-refractivity contribution in [2.45, 2.75) is 96.1 Å². The molecule has 3 fully saturated rings. The maximum absolute atomic E-state index is 14.1. The summed E-state index contributed by atoms with van der Waals surface area (Å²) in [4.78, 5) is 44.7. The van der Waals surface area contributed by atoms with Gasteiger partial charge in [-0.1, -0.05) is 26.0 Å². The first-order chi connectivity index (χ1) is 17.1. The van der Waals surface area contributed by atoms with Gasteiger partial charge in [0.1, 0.15) is 11.6 Å². The van der Waals surface area contributed by atoms with Crippen LogP contribution >= 0.6 is 0 Å². The average Bonchev–Trinajstić information content (AvgIpc) is 3.47. The zero-order valence-electron chi connectivity index (χ0n) is 22.4. The lowest BCUT2D eigenvalue weighted by molar-refractivity contribution is -0.157. The highest BCUT2D eigenvalue weighted by Gasteiger charge is 2.75. The van der Waals surface area contributed by atoms with Gasteiger partial charge in [0.25, 0.3) is 0 Å². The van der Waals surface area contributed by atoms with Gasteiger partial charge in [-0.25, -0.2) is 0 Å². The fraction of sp³-hybridized carbons (Fsp3) is 0.750. The number of aliphatic hydroxyl groups is 1. The monoisotopic (exact) mass is 504 g/mol. The minimum atomic E-state index is -1.09. The average molecular weight is 505 g/mol. The molecule has 8 nitrogen and oxygen atoms in total. The molecule has 0 aliphatic carbocycles. The molecule has 3 rings (SSSR count). The molecule has 3 aliphatic heterocycles. The van der Waals surface area contributed by atoms with Crippen molar-refractivity contribution in [1.29, 1.82) is 0 Å². The molecule has 8 heteroatoms. The van der Waals surface area contributed by atoms with Crippen LogP contribution in [0.3, 0.4) is 0 Å². The number of hydrogen-bond acceptors (Lipinski definition) is 6. The molecule has 2 unspecified atom stereocenters. The summed E-state index contributed by atoms with van der Waals surface area (Å²) in [7, 11) is 0. The zero-order valence-corrected chi connectivity index (χ0v) is 22.4. The lowest BCUT2D eigenvalue weighted by atomic mass is 9.70. The summed E-state index contributed by atoms with van der Waals surface area (Å²) in [5.41, 5.74) is -1.09. The number of ether oxygens (including phenoxy) is 2. The number of aliphatic hydroxyl groups excluding tert-OH is 1. The number of esters is 1. The molecule has 36 heavy (non-hydrogen) atoms. The predicted molar refractivity (Wildman–Crippen MR) is 137 cm³/mol. The number of carbonyl (C=O) groups is 3. The predicted octanol–water partition coefficient (Wildman–Crippen LogP) is 3.09. The number of hydrogen-bond donors (Lipinski definition) is 1. The van der Waals surface area contributed by atoms with Gasteiger partial charge in [-0.3, -0.25) is 14.4 Å².